The lowest BCUT2D eigenvalue weighted by Crippen LogP contribution is -2.31. The van der Waals surface area contributed by atoms with Gasteiger partial charge in [0.2, 0.25) is 0 Å². The summed E-state index contributed by atoms with van der Waals surface area (Å²) in [5, 5.41) is 14.4. The number of aliphatic hydroxyl groups excluding tert-OH is 1. The van der Waals surface area contributed by atoms with Crippen LogP contribution >= 0.6 is 11.3 Å². The van der Waals surface area contributed by atoms with Crippen LogP contribution < -0.4 is 19.5 Å². The summed E-state index contributed by atoms with van der Waals surface area (Å²) < 4.78 is 80.7. The molecule has 3 aromatic carbocycles. The third-order valence-electron chi connectivity index (χ3n) is 5.84. The SMILES string of the molecule is CCS(=O)(=O)c1ccc(C(Oc2ccc(C(F)(F)F)cc2)C(O)Nc2nc3cc(OC)c(OC)cc3s2)cc1. The average molecular weight is 583 g/mol. The molecule has 4 rings (SSSR count). The first-order chi connectivity index (χ1) is 18.4. The van der Waals surface area contributed by atoms with Gasteiger partial charge in [-0.1, -0.05) is 30.4 Å². The Hall–Kier alpha value is -3.55. The first-order valence-corrected chi connectivity index (χ1v) is 14.1. The largest absolute Gasteiger partial charge is 0.493 e. The number of aliphatic hydroxyl groups is 1. The van der Waals surface area contributed by atoms with Gasteiger partial charge in [0, 0.05) is 12.1 Å². The number of nitrogens with zero attached hydrogens (tertiary/aromatic N) is 1. The summed E-state index contributed by atoms with van der Waals surface area (Å²) in [6.07, 6.45) is -7.08. The summed E-state index contributed by atoms with van der Waals surface area (Å²) in [5.41, 5.74) is 0.121. The molecule has 0 saturated carbocycles. The van der Waals surface area contributed by atoms with E-state index in [1.165, 1.54) is 56.7 Å². The van der Waals surface area contributed by atoms with Gasteiger partial charge < -0.3 is 24.6 Å². The molecule has 208 valence electrons. The molecule has 0 spiro atoms. The standard InChI is InChI=1S/C26H25F3N2O6S2/c1-4-39(33,34)18-11-5-15(6-12-18)23(37-17-9-7-16(8-10-17)26(27,28)29)24(32)31-25-30-19-13-20(35-2)21(36-3)14-22(19)38-25/h5-14,23-24,32H,4H2,1-3H3,(H,30,31). The fraction of sp³-hybridized carbons (Fsp3) is 0.269. The van der Waals surface area contributed by atoms with Gasteiger partial charge in [-0.05, 0) is 42.0 Å². The topological polar surface area (TPSA) is 107 Å². The molecule has 1 aromatic heterocycles. The summed E-state index contributed by atoms with van der Waals surface area (Å²) in [5.74, 6) is 0.965. The lowest BCUT2D eigenvalue weighted by atomic mass is 10.1. The number of hydrogen-bond acceptors (Lipinski definition) is 9. The Kier molecular flexibility index (Phi) is 8.23. The third-order valence-corrected chi connectivity index (χ3v) is 8.54. The van der Waals surface area contributed by atoms with Crippen molar-refractivity contribution in [2.75, 3.05) is 25.3 Å². The molecule has 0 bridgehead atoms. The van der Waals surface area contributed by atoms with Gasteiger partial charge in [-0.25, -0.2) is 13.4 Å². The van der Waals surface area contributed by atoms with E-state index in [1.807, 2.05) is 0 Å². The number of aromatic nitrogens is 1. The number of ether oxygens (including phenoxy) is 3. The smallest absolute Gasteiger partial charge is 0.416 e. The Morgan fingerprint density at radius 1 is 1.00 bits per heavy atom. The van der Waals surface area contributed by atoms with E-state index in [1.54, 1.807) is 12.1 Å². The van der Waals surface area contributed by atoms with Crippen molar-refractivity contribution in [3.63, 3.8) is 0 Å². The zero-order valence-corrected chi connectivity index (χ0v) is 22.7. The van der Waals surface area contributed by atoms with Gasteiger partial charge >= 0.3 is 6.18 Å². The van der Waals surface area contributed by atoms with Crippen molar-refractivity contribution in [3.8, 4) is 17.2 Å². The van der Waals surface area contributed by atoms with Crippen molar-refractivity contribution >= 4 is 36.5 Å². The zero-order valence-electron chi connectivity index (χ0n) is 21.0. The number of methoxy groups -OCH3 is 2. The van der Waals surface area contributed by atoms with Gasteiger partial charge in [-0.15, -0.1) is 0 Å². The van der Waals surface area contributed by atoms with E-state index in [-0.39, 0.29) is 16.4 Å². The maximum Gasteiger partial charge on any atom is 0.416 e. The quantitative estimate of drug-likeness (QED) is 0.230. The minimum absolute atomic E-state index is 0.0675. The molecule has 39 heavy (non-hydrogen) atoms. The number of alkyl halides is 3. The van der Waals surface area contributed by atoms with Crippen LogP contribution in [0.4, 0.5) is 18.3 Å². The average Bonchev–Trinajstić information content (AvgIpc) is 3.31. The normalized spacial score (nSPS) is 13.6. The summed E-state index contributed by atoms with van der Waals surface area (Å²) in [6.45, 7) is 1.52. The highest BCUT2D eigenvalue weighted by molar-refractivity contribution is 7.91. The first-order valence-electron chi connectivity index (χ1n) is 11.6. The van der Waals surface area contributed by atoms with Gasteiger partial charge in [0.15, 0.2) is 38.8 Å². The molecular formula is C26H25F3N2O6S2. The minimum atomic E-state index is -4.52. The number of fused-ring (bicyclic) bond motifs is 1. The molecule has 0 fully saturated rings. The van der Waals surface area contributed by atoms with Crippen LogP contribution in [-0.4, -0.2) is 44.7 Å². The molecule has 0 radical (unpaired) electrons. The first kappa shape index (κ1) is 28.5. The molecule has 0 aliphatic carbocycles. The van der Waals surface area contributed by atoms with Crippen molar-refractivity contribution in [3.05, 3.63) is 71.8 Å². The number of nitrogens with one attached hydrogen (secondary N) is 1. The van der Waals surface area contributed by atoms with E-state index in [4.69, 9.17) is 14.2 Å². The fourth-order valence-corrected chi connectivity index (χ4v) is 5.53. The highest BCUT2D eigenvalue weighted by atomic mass is 32.2. The second kappa shape index (κ2) is 11.3. The van der Waals surface area contributed by atoms with Gasteiger partial charge in [0.1, 0.15) is 5.75 Å². The second-order valence-electron chi connectivity index (χ2n) is 8.32. The van der Waals surface area contributed by atoms with Crippen molar-refractivity contribution in [2.45, 2.75) is 30.3 Å². The Bertz CT molecular complexity index is 1500. The van der Waals surface area contributed by atoms with E-state index in [2.05, 4.69) is 10.3 Å². The van der Waals surface area contributed by atoms with Gasteiger partial charge in [-0.3, -0.25) is 0 Å². The molecule has 0 aliphatic rings. The van der Waals surface area contributed by atoms with Crippen LogP contribution in [0.15, 0.2) is 65.6 Å². The Labute approximate surface area is 226 Å². The number of benzene rings is 3. The number of halogens is 3. The van der Waals surface area contributed by atoms with Crippen LogP contribution in [0.25, 0.3) is 10.2 Å². The van der Waals surface area contributed by atoms with E-state index in [0.717, 1.165) is 29.0 Å². The van der Waals surface area contributed by atoms with E-state index >= 15 is 0 Å². The second-order valence-corrected chi connectivity index (χ2v) is 11.6. The number of anilines is 1. The Morgan fingerprint density at radius 2 is 1.62 bits per heavy atom. The van der Waals surface area contributed by atoms with Gasteiger partial charge in [0.05, 0.1) is 40.6 Å². The van der Waals surface area contributed by atoms with Gasteiger partial charge in [0.25, 0.3) is 0 Å². The molecular weight excluding hydrogens is 557 g/mol. The van der Waals surface area contributed by atoms with Gasteiger partial charge in [-0.2, -0.15) is 13.2 Å². The lowest BCUT2D eigenvalue weighted by molar-refractivity contribution is -0.137. The fourth-order valence-electron chi connectivity index (χ4n) is 3.73. The molecule has 4 aromatic rings. The molecule has 0 amide bonds. The van der Waals surface area contributed by atoms with E-state index < -0.39 is 33.9 Å². The highest BCUT2D eigenvalue weighted by Crippen LogP contribution is 2.37. The summed E-state index contributed by atoms with van der Waals surface area (Å²) in [4.78, 5) is 4.56. The molecule has 2 unspecified atom stereocenters. The molecule has 8 nitrogen and oxygen atoms in total. The van der Waals surface area contributed by atoms with Crippen molar-refractivity contribution in [1.29, 1.82) is 0 Å². The molecule has 0 aliphatic heterocycles. The van der Waals surface area contributed by atoms with Crippen LogP contribution in [0, 0.1) is 0 Å². The van der Waals surface area contributed by atoms with Crippen molar-refractivity contribution in [1.82, 2.24) is 4.98 Å². The predicted octanol–water partition coefficient (Wildman–Crippen LogP) is 5.68. The number of rotatable bonds is 10. The number of thiazole rings is 1. The van der Waals surface area contributed by atoms with Crippen LogP contribution in [0.2, 0.25) is 0 Å². The lowest BCUT2D eigenvalue weighted by Gasteiger charge is -2.25. The van der Waals surface area contributed by atoms with Crippen LogP contribution in [0.5, 0.6) is 17.2 Å². The summed E-state index contributed by atoms with van der Waals surface area (Å²) in [6, 6.07) is 13.2. The molecule has 2 atom stereocenters. The maximum atomic E-state index is 13.0. The molecule has 0 saturated heterocycles. The highest BCUT2D eigenvalue weighted by Gasteiger charge is 2.31. The van der Waals surface area contributed by atoms with Crippen molar-refractivity contribution in [2.24, 2.45) is 0 Å². The van der Waals surface area contributed by atoms with Crippen LogP contribution in [0.1, 0.15) is 24.2 Å². The Morgan fingerprint density at radius 3 is 2.18 bits per heavy atom. The molecule has 1 heterocycles. The predicted molar refractivity (Wildman–Crippen MR) is 141 cm³/mol. The molecule has 2 N–H and O–H groups in total. The monoisotopic (exact) mass is 582 g/mol. The minimum Gasteiger partial charge on any atom is -0.493 e. The summed E-state index contributed by atoms with van der Waals surface area (Å²) in [7, 11) is -0.461. The number of sulfone groups is 1. The molecule has 13 heteroatoms. The van der Waals surface area contributed by atoms with E-state index in [9.17, 15) is 26.7 Å². The Balaban J connectivity index is 1.65. The third kappa shape index (κ3) is 6.37. The van der Waals surface area contributed by atoms with E-state index in [0.29, 0.717) is 27.7 Å². The van der Waals surface area contributed by atoms with Crippen molar-refractivity contribution < 1.29 is 40.9 Å². The van der Waals surface area contributed by atoms with Crippen LogP contribution in [-0.2, 0) is 16.0 Å². The number of hydrogen-bond donors (Lipinski definition) is 2. The maximum absolute atomic E-state index is 13.0. The zero-order chi connectivity index (χ0) is 28.4. The summed E-state index contributed by atoms with van der Waals surface area (Å²) >= 11 is 1.23. The van der Waals surface area contributed by atoms with Crippen LogP contribution in [0.3, 0.4) is 0 Å².